The van der Waals surface area contributed by atoms with E-state index >= 15 is 0 Å². The number of aliphatic carboxylic acids is 1. The van der Waals surface area contributed by atoms with Gasteiger partial charge >= 0.3 is 11.9 Å². The first kappa shape index (κ1) is 18.5. The molecule has 1 heterocycles. The van der Waals surface area contributed by atoms with Gasteiger partial charge in [0.05, 0.1) is 11.5 Å². The number of hydrogen-bond acceptors (Lipinski definition) is 7. The van der Waals surface area contributed by atoms with Gasteiger partial charge in [-0.05, 0) is 42.5 Å². The first-order chi connectivity index (χ1) is 11.9. The van der Waals surface area contributed by atoms with Crippen molar-refractivity contribution in [2.24, 2.45) is 0 Å². The number of hydrogen-bond donors (Lipinski definition) is 1. The van der Waals surface area contributed by atoms with E-state index in [1.807, 2.05) is 0 Å². The molecule has 1 aliphatic heterocycles. The Labute approximate surface area is 147 Å². The van der Waals surface area contributed by atoms with Gasteiger partial charge in [0.15, 0.2) is 6.61 Å². The summed E-state index contributed by atoms with van der Waals surface area (Å²) in [6.45, 7) is 1.10. The van der Waals surface area contributed by atoms with E-state index in [4.69, 9.17) is 14.6 Å². The molecule has 0 radical (unpaired) electrons. The zero-order valence-corrected chi connectivity index (χ0v) is 14.1. The smallest absolute Gasteiger partial charge is 0.344 e. The zero-order valence-electron chi connectivity index (χ0n) is 13.3. The van der Waals surface area contributed by atoms with Crippen molar-refractivity contribution < 1.29 is 33.8 Å². The quantitative estimate of drug-likeness (QED) is 0.575. The number of rotatable bonds is 7. The molecule has 0 atom stereocenters. The Morgan fingerprint density at radius 3 is 2.52 bits per heavy atom. The summed E-state index contributed by atoms with van der Waals surface area (Å²) in [5.41, 5.74) is 0.629. The van der Waals surface area contributed by atoms with Crippen LogP contribution in [-0.2, 0) is 19.1 Å². The van der Waals surface area contributed by atoms with Crippen LogP contribution in [0.5, 0.6) is 5.75 Å². The maximum absolute atomic E-state index is 12.0. The summed E-state index contributed by atoms with van der Waals surface area (Å²) in [4.78, 5) is 46.4. The van der Waals surface area contributed by atoms with Crippen LogP contribution in [-0.4, -0.2) is 52.8 Å². The Morgan fingerprint density at radius 1 is 1.24 bits per heavy atom. The number of benzene rings is 1. The van der Waals surface area contributed by atoms with Crippen LogP contribution in [0.1, 0.15) is 12.5 Å². The molecular weight excluding hydrogens is 350 g/mol. The van der Waals surface area contributed by atoms with Crippen molar-refractivity contribution in [3.05, 3.63) is 34.7 Å². The van der Waals surface area contributed by atoms with Crippen LogP contribution in [0.15, 0.2) is 29.2 Å². The molecule has 8 nitrogen and oxygen atoms in total. The molecule has 0 bridgehead atoms. The molecule has 25 heavy (non-hydrogen) atoms. The van der Waals surface area contributed by atoms with Gasteiger partial charge in [0.25, 0.3) is 11.1 Å². The highest BCUT2D eigenvalue weighted by molar-refractivity contribution is 8.18. The highest BCUT2D eigenvalue weighted by atomic mass is 32.2. The normalized spacial score (nSPS) is 15.6. The van der Waals surface area contributed by atoms with E-state index in [-0.39, 0.29) is 18.1 Å². The average Bonchev–Trinajstić information content (AvgIpc) is 2.82. The Kier molecular flexibility index (Phi) is 6.18. The summed E-state index contributed by atoms with van der Waals surface area (Å²) in [5, 5.41) is 8.10. The average molecular weight is 365 g/mol. The second-order valence-electron chi connectivity index (χ2n) is 4.82. The number of imide groups is 1. The first-order valence-corrected chi connectivity index (χ1v) is 8.08. The number of carbonyl (C=O) groups is 4. The van der Waals surface area contributed by atoms with E-state index in [1.165, 1.54) is 6.08 Å². The molecule has 2 rings (SSSR count). The molecule has 0 unspecified atom stereocenters. The topological polar surface area (TPSA) is 110 Å². The van der Waals surface area contributed by atoms with Crippen molar-refractivity contribution in [3.63, 3.8) is 0 Å². The predicted octanol–water partition coefficient (Wildman–Crippen LogP) is 1.75. The summed E-state index contributed by atoms with van der Waals surface area (Å²) in [5.74, 6) is -1.92. The molecule has 9 heteroatoms. The summed E-state index contributed by atoms with van der Waals surface area (Å²) < 4.78 is 9.99. The van der Waals surface area contributed by atoms with Crippen molar-refractivity contribution >= 4 is 40.9 Å². The Bertz CT molecular complexity index is 727. The lowest BCUT2D eigenvalue weighted by Crippen LogP contribution is -2.33. The van der Waals surface area contributed by atoms with Crippen molar-refractivity contribution in [3.8, 4) is 5.75 Å². The minimum atomic E-state index is -1.26. The maximum Gasteiger partial charge on any atom is 0.344 e. The van der Waals surface area contributed by atoms with Gasteiger partial charge in [-0.25, -0.2) is 4.79 Å². The summed E-state index contributed by atoms with van der Waals surface area (Å²) in [6.07, 6.45) is 1.49. The van der Waals surface area contributed by atoms with Crippen LogP contribution in [0.25, 0.3) is 6.08 Å². The van der Waals surface area contributed by atoms with Gasteiger partial charge in [0.2, 0.25) is 0 Å². The predicted molar refractivity (Wildman–Crippen MR) is 88.9 cm³/mol. The van der Waals surface area contributed by atoms with Crippen LogP contribution in [0, 0.1) is 0 Å². The number of carbonyl (C=O) groups excluding carboxylic acids is 3. The van der Waals surface area contributed by atoms with E-state index < -0.39 is 29.6 Å². The van der Waals surface area contributed by atoms with Crippen LogP contribution < -0.4 is 4.74 Å². The lowest BCUT2D eigenvalue weighted by molar-refractivity contribution is -0.145. The van der Waals surface area contributed by atoms with Crippen molar-refractivity contribution in [1.29, 1.82) is 0 Å². The van der Waals surface area contributed by atoms with Crippen molar-refractivity contribution in [2.75, 3.05) is 19.8 Å². The zero-order chi connectivity index (χ0) is 18.4. The van der Waals surface area contributed by atoms with Gasteiger partial charge in [-0.1, -0.05) is 12.1 Å². The lowest BCUT2D eigenvalue weighted by atomic mass is 10.2. The van der Waals surface area contributed by atoms with Gasteiger partial charge in [0, 0.05) is 0 Å². The fourth-order valence-corrected chi connectivity index (χ4v) is 2.77. The van der Waals surface area contributed by atoms with Crippen LogP contribution >= 0.6 is 11.8 Å². The summed E-state index contributed by atoms with van der Waals surface area (Å²) in [7, 11) is 0. The molecule has 1 fully saturated rings. The standard InChI is InChI=1S/C16H15NO7S/c1-2-23-14(20)9-24-11-5-3-10(4-6-11)7-12-15(21)17(8-13(18)19)16(22)25-12/h3-7H,2,8-9H2,1H3,(H,18,19)/b12-7+. The van der Waals surface area contributed by atoms with Gasteiger partial charge in [-0.2, -0.15) is 0 Å². The minimum Gasteiger partial charge on any atom is -0.482 e. The number of nitrogens with zero attached hydrogens (tertiary/aromatic N) is 1. The maximum atomic E-state index is 12.0. The molecule has 1 aliphatic rings. The molecule has 2 amide bonds. The molecule has 132 valence electrons. The number of thioether (sulfide) groups is 1. The molecule has 0 saturated carbocycles. The van der Waals surface area contributed by atoms with E-state index in [1.54, 1.807) is 31.2 Å². The number of ether oxygens (including phenoxy) is 2. The molecular formula is C16H15NO7S. The largest absolute Gasteiger partial charge is 0.482 e. The van der Waals surface area contributed by atoms with E-state index in [0.717, 1.165) is 0 Å². The molecule has 0 aromatic heterocycles. The Hall–Kier alpha value is -2.81. The fourth-order valence-electron chi connectivity index (χ4n) is 1.93. The van der Waals surface area contributed by atoms with Crippen LogP contribution in [0.3, 0.4) is 0 Å². The van der Waals surface area contributed by atoms with Crippen LogP contribution in [0.4, 0.5) is 4.79 Å². The third kappa shape index (κ3) is 5.08. The Balaban J connectivity index is 2.02. The van der Waals surface area contributed by atoms with E-state index in [0.29, 0.717) is 28.0 Å². The van der Waals surface area contributed by atoms with Crippen molar-refractivity contribution in [1.82, 2.24) is 4.90 Å². The number of esters is 1. The molecule has 1 N–H and O–H groups in total. The molecule has 1 aromatic rings. The van der Waals surface area contributed by atoms with Crippen molar-refractivity contribution in [2.45, 2.75) is 6.92 Å². The monoisotopic (exact) mass is 365 g/mol. The number of carboxylic acid groups (broad SMARTS) is 1. The number of carboxylic acids is 1. The van der Waals surface area contributed by atoms with E-state index in [9.17, 15) is 19.2 Å². The SMILES string of the molecule is CCOC(=O)COc1ccc(/C=C2/SC(=O)N(CC(=O)O)C2=O)cc1. The Morgan fingerprint density at radius 2 is 1.92 bits per heavy atom. The molecule has 1 aromatic carbocycles. The van der Waals surface area contributed by atoms with Gasteiger partial charge in [-0.15, -0.1) is 0 Å². The van der Waals surface area contributed by atoms with Gasteiger partial charge in [-0.3, -0.25) is 19.3 Å². The lowest BCUT2D eigenvalue weighted by Gasteiger charge is -2.07. The second-order valence-corrected chi connectivity index (χ2v) is 5.82. The van der Waals surface area contributed by atoms with Gasteiger partial charge < -0.3 is 14.6 Å². The molecule has 0 aliphatic carbocycles. The van der Waals surface area contributed by atoms with Gasteiger partial charge in [0.1, 0.15) is 12.3 Å². The highest BCUT2D eigenvalue weighted by Crippen LogP contribution is 2.32. The fraction of sp³-hybridized carbons (Fsp3) is 0.250. The third-order valence-electron chi connectivity index (χ3n) is 3.01. The van der Waals surface area contributed by atoms with Crippen LogP contribution in [0.2, 0.25) is 0 Å². The number of amides is 2. The first-order valence-electron chi connectivity index (χ1n) is 7.26. The molecule has 1 saturated heterocycles. The third-order valence-corrected chi connectivity index (χ3v) is 3.91. The summed E-state index contributed by atoms with van der Waals surface area (Å²) in [6, 6.07) is 6.50. The summed E-state index contributed by atoms with van der Waals surface area (Å²) >= 11 is 0.685. The van der Waals surface area contributed by atoms with E-state index in [2.05, 4.69) is 0 Å². The minimum absolute atomic E-state index is 0.145. The highest BCUT2D eigenvalue weighted by Gasteiger charge is 2.36. The second kappa shape index (κ2) is 8.34. The molecule has 0 spiro atoms.